The van der Waals surface area contributed by atoms with Gasteiger partial charge in [-0.1, -0.05) is 6.42 Å². The van der Waals surface area contributed by atoms with Crippen molar-refractivity contribution in [2.45, 2.75) is 31.7 Å². The Morgan fingerprint density at radius 1 is 1.47 bits per heavy atom. The van der Waals surface area contributed by atoms with Gasteiger partial charge in [-0.05, 0) is 39.9 Å². The molecule has 0 aromatic rings. The molecule has 2 N–H and O–H groups in total. The van der Waals surface area contributed by atoms with Gasteiger partial charge in [0.2, 0.25) is 5.91 Å². The first-order chi connectivity index (χ1) is 7.18. The molecular weight excluding hydrogens is 190 g/mol. The van der Waals surface area contributed by atoms with Gasteiger partial charge in [0.05, 0.1) is 6.54 Å². The van der Waals surface area contributed by atoms with Crippen LogP contribution in [0, 0.1) is 0 Å². The van der Waals surface area contributed by atoms with Gasteiger partial charge in [-0.15, -0.1) is 0 Å². The largest absolute Gasteiger partial charge is 0.355 e. The highest BCUT2D eigenvalue weighted by molar-refractivity contribution is 5.77. The van der Waals surface area contributed by atoms with Crippen molar-refractivity contribution >= 4 is 5.91 Å². The second-order valence-electron chi connectivity index (χ2n) is 4.52. The maximum absolute atomic E-state index is 11.3. The summed E-state index contributed by atoms with van der Waals surface area (Å²) < 4.78 is 0. The molecule has 1 aliphatic heterocycles. The molecule has 1 amide bonds. The van der Waals surface area contributed by atoms with E-state index in [0.717, 1.165) is 19.5 Å². The summed E-state index contributed by atoms with van der Waals surface area (Å²) in [5, 5.41) is 6.41. The van der Waals surface area contributed by atoms with E-state index in [-0.39, 0.29) is 5.91 Å². The van der Waals surface area contributed by atoms with Crippen molar-refractivity contribution in [3.05, 3.63) is 0 Å². The van der Waals surface area contributed by atoms with E-state index in [4.69, 9.17) is 0 Å². The Morgan fingerprint density at radius 2 is 2.27 bits per heavy atom. The normalized spacial score (nSPS) is 21.7. The Hall–Kier alpha value is -0.610. The molecule has 1 rings (SSSR count). The van der Waals surface area contributed by atoms with Gasteiger partial charge in [-0.25, -0.2) is 0 Å². The van der Waals surface area contributed by atoms with Crippen molar-refractivity contribution in [1.82, 2.24) is 15.5 Å². The van der Waals surface area contributed by atoms with Crippen LogP contribution in [0.15, 0.2) is 0 Å². The van der Waals surface area contributed by atoms with Crippen molar-refractivity contribution in [3.63, 3.8) is 0 Å². The van der Waals surface area contributed by atoms with E-state index < -0.39 is 0 Å². The molecule has 1 heterocycles. The molecule has 0 radical (unpaired) electrons. The van der Waals surface area contributed by atoms with Crippen LogP contribution >= 0.6 is 0 Å². The highest BCUT2D eigenvalue weighted by Gasteiger charge is 2.12. The molecule has 1 atom stereocenters. The minimum Gasteiger partial charge on any atom is -0.355 e. The summed E-state index contributed by atoms with van der Waals surface area (Å²) in [7, 11) is 3.81. The lowest BCUT2D eigenvalue weighted by atomic mass is 10.0. The highest BCUT2D eigenvalue weighted by Crippen LogP contribution is 2.08. The van der Waals surface area contributed by atoms with Gasteiger partial charge in [0, 0.05) is 12.6 Å². The van der Waals surface area contributed by atoms with Crippen molar-refractivity contribution < 1.29 is 4.79 Å². The van der Waals surface area contributed by atoms with Gasteiger partial charge in [0.25, 0.3) is 0 Å². The number of hydrogen-bond acceptors (Lipinski definition) is 3. The van der Waals surface area contributed by atoms with Crippen molar-refractivity contribution in [1.29, 1.82) is 0 Å². The fraction of sp³-hybridized carbons (Fsp3) is 0.909. The first kappa shape index (κ1) is 12.5. The molecule has 0 aliphatic carbocycles. The summed E-state index contributed by atoms with van der Waals surface area (Å²) in [6.45, 7) is 2.42. The molecule has 0 spiro atoms. The molecule has 1 saturated heterocycles. The van der Waals surface area contributed by atoms with E-state index in [0.29, 0.717) is 12.6 Å². The lowest BCUT2D eigenvalue weighted by molar-refractivity contribution is -0.121. The topological polar surface area (TPSA) is 44.4 Å². The summed E-state index contributed by atoms with van der Waals surface area (Å²) in [6.07, 6.45) is 4.93. The Morgan fingerprint density at radius 3 is 2.87 bits per heavy atom. The summed E-state index contributed by atoms with van der Waals surface area (Å²) in [5.74, 6) is 0.121. The van der Waals surface area contributed by atoms with Crippen LogP contribution in [0.25, 0.3) is 0 Å². The van der Waals surface area contributed by atoms with Crippen LogP contribution in [0.5, 0.6) is 0 Å². The lowest BCUT2D eigenvalue weighted by Gasteiger charge is -2.23. The minimum atomic E-state index is 0.121. The van der Waals surface area contributed by atoms with Crippen molar-refractivity contribution in [3.8, 4) is 0 Å². The van der Waals surface area contributed by atoms with E-state index in [1.165, 1.54) is 19.3 Å². The zero-order valence-corrected chi connectivity index (χ0v) is 9.88. The molecular formula is C11H23N3O. The van der Waals surface area contributed by atoms with Crippen LogP contribution in [0.1, 0.15) is 25.7 Å². The summed E-state index contributed by atoms with van der Waals surface area (Å²) >= 11 is 0. The summed E-state index contributed by atoms with van der Waals surface area (Å²) in [4.78, 5) is 13.2. The molecule has 4 nitrogen and oxygen atoms in total. The quantitative estimate of drug-likeness (QED) is 0.685. The number of piperidine rings is 1. The zero-order chi connectivity index (χ0) is 11.1. The van der Waals surface area contributed by atoms with Gasteiger partial charge in [0.1, 0.15) is 0 Å². The molecule has 1 fully saturated rings. The molecule has 4 heteroatoms. The van der Waals surface area contributed by atoms with Gasteiger partial charge in [-0.2, -0.15) is 0 Å². The van der Waals surface area contributed by atoms with Crippen LogP contribution < -0.4 is 10.6 Å². The Labute approximate surface area is 92.4 Å². The van der Waals surface area contributed by atoms with Crippen LogP contribution in [0.2, 0.25) is 0 Å². The Bertz CT molecular complexity index is 188. The van der Waals surface area contributed by atoms with Crippen molar-refractivity contribution in [2.75, 3.05) is 33.7 Å². The number of rotatable bonds is 5. The third-order valence-corrected chi connectivity index (χ3v) is 2.69. The summed E-state index contributed by atoms with van der Waals surface area (Å²) in [5.41, 5.74) is 0. The standard InChI is InChI=1S/C11H23N3O/c1-14(2)9-11(15)13-8-6-10-5-3-4-7-12-10/h10,12H,3-9H2,1-2H3,(H,13,15). The maximum atomic E-state index is 11.3. The number of nitrogens with one attached hydrogen (secondary N) is 2. The molecule has 0 aromatic carbocycles. The molecule has 1 unspecified atom stereocenters. The number of amides is 1. The average Bonchev–Trinajstić information content (AvgIpc) is 2.18. The molecule has 0 bridgehead atoms. The SMILES string of the molecule is CN(C)CC(=O)NCCC1CCCCN1. The fourth-order valence-electron chi connectivity index (χ4n) is 1.90. The first-order valence-electron chi connectivity index (χ1n) is 5.83. The Balaban J connectivity index is 2.02. The van der Waals surface area contributed by atoms with Crippen LogP contribution in [-0.2, 0) is 4.79 Å². The highest BCUT2D eigenvalue weighted by atomic mass is 16.1. The van der Waals surface area contributed by atoms with Gasteiger partial charge in [-0.3, -0.25) is 4.79 Å². The second-order valence-corrected chi connectivity index (χ2v) is 4.52. The maximum Gasteiger partial charge on any atom is 0.234 e. The Kier molecular flexibility index (Phi) is 5.65. The van der Waals surface area contributed by atoms with E-state index >= 15 is 0 Å². The molecule has 0 aromatic heterocycles. The third-order valence-electron chi connectivity index (χ3n) is 2.69. The first-order valence-corrected chi connectivity index (χ1v) is 5.83. The zero-order valence-electron chi connectivity index (χ0n) is 9.88. The lowest BCUT2D eigenvalue weighted by Crippen LogP contribution is -2.39. The summed E-state index contributed by atoms with van der Waals surface area (Å²) in [6, 6.07) is 0.610. The number of nitrogens with zero attached hydrogens (tertiary/aromatic N) is 1. The third kappa shape index (κ3) is 5.74. The molecule has 88 valence electrons. The number of carbonyl (C=O) groups is 1. The predicted octanol–water partition coefficient (Wildman–Crippen LogP) is 0.196. The number of likely N-dealkylation sites (N-methyl/N-ethyl adjacent to an activating group) is 1. The molecule has 1 aliphatic rings. The van der Waals surface area contributed by atoms with Crippen LogP contribution in [-0.4, -0.2) is 50.6 Å². The average molecular weight is 213 g/mol. The van der Waals surface area contributed by atoms with E-state index in [1.54, 1.807) is 0 Å². The van der Waals surface area contributed by atoms with Crippen LogP contribution in [0.3, 0.4) is 0 Å². The second kappa shape index (κ2) is 6.80. The van der Waals surface area contributed by atoms with Gasteiger partial charge in [0.15, 0.2) is 0 Å². The van der Waals surface area contributed by atoms with Crippen molar-refractivity contribution in [2.24, 2.45) is 0 Å². The van der Waals surface area contributed by atoms with E-state index in [9.17, 15) is 4.79 Å². The van der Waals surface area contributed by atoms with E-state index in [1.807, 2.05) is 19.0 Å². The van der Waals surface area contributed by atoms with E-state index in [2.05, 4.69) is 10.6 Å². The van der Waals surface area contributed by atoms with Gasteiger partial charge >= 0.3 is 0 Å². The molecule has 0 saturated carbocycles. The fourth-order valence-corrected chi connectivity index (χ4v) is 1.90. The smallest absolute Gasteiger partial charge is 0.234 e. The molecule has 15 heavy (non-hydrogen) atoms. The minimum absolute atomic E-state index is 0.121. The number of hydrogen-bond donors (Lipinski definition) is 2. The van der Waals surface area contributed by atoms with Gasteiger partial charge < -0.3 is 15.5 Å². The monoisotopic (exact) mass is 213 g/mol. The van der Waals surface area contributed by atoms with Crippen LogP contribution in [0.4, 0.5) is 0 Å². The number of carbonyl (C=O) groups excluding carboxylic acids is 1. The predicted molar refractivity (Wildman–Crippen MR) is 61.8 cm³/mol.